The zero-order valence-electron chi connectivity index (χ0n) is 16.1. The third-order valence-corrected chi connectivity index (χ3v) is 5.59. The summed E-state index contributed by atoms with van der Waals surface area (Å²) >= 11 is 0. The Balaban J connectivity index is 1.84. The SMILES string of the molecule is CC#CC(=O)N(CCCN1CCC(C)CC1)C1CCN(C(C)=O)CC1. The molecule has 2 saturated heterocycles. The number of hydrogen-bond donors (Lipinski definition) is 0. The molecule has 0 aromatic heterocycles. The molecule has 0 radical (unpaired) electrons. The Kier molecular flexibility index (Phi) is 7.77. The van der Waals surface area contributed by atoms with Crippen molar-refractivity contribution in [3.05, 3.63) is 0 Å². The predicted octanol–water partition coefficient (Wildman–Crippen LogP) is 1.97. The first-order chi connectivity index (χ1) is 12.0. The minimum absolute atomic E-state index is 0.0592. The molecule has 2 rings (SSSR count). The summed E-state index contributed by atoms with van der Waals surface area (Å²) in [6.45, 7) is 11.3. The molecule has 0 atom stereocenters. The Morgan fingerprint density at radius 1 is 1.08 bits per heavy atom. The summed E-state index contributed by atoms with van der Waals surface area (Å²) in [4.78, 5) is 30.3. The summed E-state index contributed by atoms with van der Waals surface area (Å²) in [5.74, 6) is 6.37. The van der Waals surface area contributed by atoms with E-state index in [-0.39, 0.29) is 17.9 Å². The maximum absolute atomic E-state index is 12.4. The van der Waals surface area contributed by atoms with Gasteiger partial charge < -0.3 is 14.7 Å². The summed E-state index contributed by atoms with van der Waals surface area (Å²) < 4.78 is 0. The van der Waals surface area contributed by atoms with Crippen molar-refractivity contribution < 1.29 is 9.59 Å². The van der Waals surface area contributed by atoms with E-state index in [4.69, 9.17) is 0 Å². The molecule has 2 fully saturated rings. The van der Waals surface area contributed by atoms with Crippen LogP contribution in [-0.2, 0) is 9.59 Å². The monoisotopic (exact) mass is 347 g/mol. The molecular weight excluding hydrogens is 314 g/mol. The second-order valence-electron chi connectivity index (χ2n) is 7.49. The smallest absolute Gasteiger partial charge is 0.298 e. The lowest BCUT2D eigenvalue weighted by Crippen LogP contribution is -2.49. The minimum Gasteiger partial charge on any atom is -0.343 e. The maximum atomic E-state index is 12.4. The summed E-state index contributed by atoms with van der Waals surface area (Å²) in [5.41, 5.74) is 0. The quantitative estimate of drug-likeness (QED) is 0.714. The normalized spacial score (nSPS) is 20.0. The van der Waals surface area contributed by atoms with Gasteiger partial charge in [-0.2, -0.15) is 0 Å². The summed E-state index contributed by atoms with van der Waals surface area (Å²) in [5, 5.41) is 0. The van der Waals surface area contributed by atoms with Gasteiger partial charge in [0.1, 0.15) is 0 Å². The van der Waals surface area contributed by atoms with Crippen LogP contribution >= 0.6 is 0 Å². The summed E-state index contributed by atoms with van der Waals surface area (Å²) in [6.07, 6.45) is 5.29. The first-order valence-electron chi connectivity index (χ1n) is 9.72. The van der Waals surface area contributed by atoms with Crippen LogP contribution < -0.4 is 0 Å². The van der Waals surface area contributed by atoms with Crippen molar-refractivity contribution >= 4 is 11.8 Å². The molecule has 2 heterocycles. The minimum atomic E-state index is -0.0592. The van der Waals surface area contributed by atoms with Crippen molar-refractivity contribution in [3.63, 3.8) is 0 Å². The number of rotatable bonds is 5. The standard InChI is InChI=1S/C20H33N3O2/c1-4-6-20(25)23(19-9-15-22(16-10-19)18(3)24)12-5-11-21-13-7-17(2)8-14-21/h17,19H,5,7-16H2,1-3H3. The Morgan fingerprint density at radius 3 is 2.28 bits per heavy atom. The van der Waals surface area contributed by atoms with Crippen LogP contribution in [0.3, 0.4) is 0 Å². The molecule has 0 unspecified atom stereocenters. The molecule has 5 nitrogen and oxygen atoms in total. The first-order valence-corrected chi connectivity index (χ1v) is 9.72. The molecule has 25 heavy (non-hydrogen) atoms. The van der Waals surface area contributed by atoms with Gasteiger partial charge in [0, 0.05) is 32.6 Å². The zero-order valence-corrected chi connectivity index (χ0v) is 16.1. The first kappa shape index (κ1) is 19.8. The van der Waals surface area contributed by atoms with Gasteiger partial charge in [-0.05, 0) is 70.5 Å². The van der Waals surface area contributed by atoms with Crippen LogP contribution in [0.5, 0.6) is 0 Å². The third-order valence-electron chi connectivity index (χ3n) is 5.59. The van der Waals surface area contributed by atoms with E-state index in [1.54, 1.807) is 13.8 Å². The van der Waals surface area contributed by atoms with Gasteiger partial charge in [-0.3, -0.25) is 9.59 Å². The summed E-state index contributed by atoms with van der Waals surface area (Å²) in [6, 6.07) is 0.213. The van der Waals surface area contributed by atoms with Gasteiger partial charge in [-0.1, -0.05) is 12.8 Å². The van der Waals surface area contributed by atoms with E-state index in [0.717, 1.165) is 51.4 Å². The van der Waals surface area contributed by atoms with Crippen LogP contribution in [-0.4, -0.2) is 71.8 Å². The highest BCUT2D eigenvalue weighted by Gasteiger charge is 2.28. The Hall–Kier alpha value is -1.54. The average Bonchev–Trinajstić information content (AvgIpc) is 2.60. The number of piperidine rings is 2. The largest absolute Gasteiger partial charge is 0.343 e. The van der Waals surface area contributed by atoms with Crippen LogP contribution in [0.25, 0.3) is 0 Å². The highest BCUT2D eigenvalue weighted by atomic mass is 16.2. The third kappa shape index (κ3) is 6.04. The number of nitrogens with zero attached hydrogens (tertiary/aromatic N) is 3. The van der Waals surface area contributed by atoms with E-state index in [0.29, 0.717) is 0 Å². The van der Waals surface area contributed by atoms with E-state index in [9.17, 15) is 9.59 Å². The van der Waals surface area contributed by atoms with Crippen LogP contribution in [0.15, 0.2) is 0 Å². The maximum Gasteiger partial charge on any atom is 0.298 e. The number of amides is 2. The fraction of sp³-hybridized carbons (Fsp3) is 0.800. The Morgan fingerprint density at radius 2 is 1.72 bits per heavy atom. The Labute approximate surface area is 152 Å². The van der Waals surface area contributed by atoms with E-state index in [1.807, 2.05) is 9.80 Å². The highest BCUT2D eigenvalue weighted by molar-refractivity contribution is 5.93. The predicted molar refractivity (Wildman–Crippen MR) is 99.9 cm³/mol. The fourth-order valence-corrected chi connectivity index (χ4v) is 3.87. The fourth-order valence-electron chi connectivity index (χ4n) is 3.87. The van der Waals surface area contributed by atoms with E-state index in [2.05, 4.69) is 23.7 Å². The van der Waals surface area contributed by atoms with Crippen LogP contribution in [0, 0.1) is 17.8 Å². The summed E-state index contributed by atoms with van der Waals surface area (Å²) in [7, 11) is 0. The van der Waals surface area contributed by atoms with Crippen molar-refractivity contribution in [2.45, 2.75) is 58.9 Å². The van der Waals surface area contributed by atoms with Gasteiger partial charge in [0.25, 0.3) is 5.91 Å². The second kappa shape index (κ2) is 9.82. The molecule has 2 amide bonds. The van der Waals surface area contributed by atoms with Crippen molar-refractivity contribution in [2.75, 3.05) is 39.3 Å². The van der Waals surface area contributed by atoms with Crippen molar-refractivity contribution in [2.24, 2.45) is 5.92 Å². The molecule has 0 aliphatic carbocycles. The molecular formula is C20H33N3O2. The van der Waals surface area contributed by atoms with Crippen molar-refractivity contribution in [1.29, 1.82) is 0 Å². The van der Waals surface area contributed by atoms with Crippen LogP contribution in [0.1, 0.15) is 52.9 Å². The molecule has 5 heteroatoms. The lowest BCUT2D eigenvalue weighted by atomic mass is 9.99. The van der Waals surface area contributed by atoms with Gasteiger partial charge >= 0.3 is 0 Å². The molecule has 0 aromatic carbocycles. The molecule has 0 bridgehead atoms. The van der Waals surface area contributed by atoms with E-state index in [1.165, 1.54) is 25.9 Å². The van der Waals surface area contributed by atoms with Crippen LogP contribution in [0.2, 0.25) is 0 Å². The topological polar surface area (TPSA) is 43.9 Å². The molecule has 140 valence electrons. The lowest BCUT2D eigenvalue weighted by Gasteiger charge is -2.38. The average molecular weight is 348 g/mol. The van der Waals surface area contributed by atoms with Gasteiger partial charge in [-0.25, -0.2) is 0 Å². The van der Waals surface area contributed by atoms with Crippen molar-refractivity contribution in [3.8, 4) is 11.8 Å². The van der Waals surface area contributed by atoms with Crippen molar-refractivity contribution in [1.82, 2.24) is 14.7 Å². The number of hydrogen-bond acceptors (Lipinski definition) is 3. The lowest BCUT2D eigenvalue weighted by molar-refractivity contribution is -0.132. The van der Waals surface area contributed by atoms with Gasteiger partial charge in [-0.15, -0.1) is 0 Å². The number of carbonyl (C=O) groups is 2. The second-order valence-corrected chi connectivity index (χ2v) is 7.49. The molecule has 0 N–H and O–H groups in total. The zero-order chi connectivity index (χ0) is 18.2. The van der Waals surface area contributed by atoms with Gasteiger partial charge in [0.05, 0.1) is 0 Å². The van der Waals surface area contributed by atoms with Gasteiger partial charge in [0.2, 0.25) is 5.91 Å². The number of carbonyl (C=O) groups excluding carboxylic acids is 2. The van der Waals surface area contributed by atoms with Crippen LogP contribution in [0.4, 0.5) is 0 Å². The molecule has 0 saturated carbocycles. The number of likely N-dealkylation sites (tertiary alicyclic amines) is 2. The molecule has 2 aliphatic rings. The highest BCUT2D eigenvalue weighted by Crippen LogP contribution is 2.19. The van der Waals surface area contributed by atoms with E-state index < -0.39 is 0 Å². The van der Waals surface area contributed by atoms with E-state index >= 15 is 0 Å². The molecule has 0 spiro atoms. The molecule has 0 aromatic rings. The van der Waals surface area contributed by atoms with Gasteiger partial charge in [0.15, 0.2) is 0 Å². The Bertz CT molecular complexity index is 507. The molecule has 2 aliphatic heterocycles.